The molecule has 32 heavy (non-hydrogen) atoms. The zero-order valence-corrected chi connectivity index (χ0v) is 18.4. The third-order valence-electron chi connectivity index (χ3n) is 7.47. The summed E-state index contributed by atoms with van der Waals surface area (Å²) in [5, 5.41) is 10.0. The number of amides is 2. The van der Waals surface area contributed by atoms with E-state index in [0.717, 1.165) is 48.1 Å². The molecule has 2 aromatic carbocycles. The molecular weight excluding hydrogens is 404 g/mol. The molecule has 1 saturated carbocycles. The Labute approximate surface area is 188 Å². The SMILES string of the molecule is COc1cccc(-c2ccc([C@@H]3[C@H](CO)N4C(=O)CN(C(=O)C5CCCC5)C[C@@H]34)cc2)c1. The van der Waals surface area contributed by atoms with E-state index >= 15 is 0 Å². The maximum atomic E-state index is 13.0. The average molecular weight is 435 g/mol. The average Bonchev–Trinajstić information content (AvgIpc) is 3.35. The molecule has 6 heteroatoms. The Morgan fingerprint density at radius 1 is 1.09 bits per heavy atom. The molecule has 2 aliphatic heterocycles. The summed E-state index contributed by atoms with van der Waals surface area (Å²) in [6.45, 7) is 0.630. The molecule has 168 valence electrons. The van der Waals surface area contributed by atoms with Crippen LogP contribution in [0.15, 0.2) is 48.5 Å². The second-order valence-corrected chi connectivity index (χ2v) is 9.20. The molecule has 0 bridgehead atoms. The van der Waals surface area contributed by atoms with Crippen molar-refractivity contribution in [3.05, 3.63) is 54.1 Å². The predicted molar refractivity (Wildman–Crippen MR) is 121 cm³/mol. The molecule has 6 nitrogen and oxygen atoms in total. The summed E-state index contributed by atoms with van der Waals surface area (Å²) < 4.78 is 5.33. The zero-order chi connectivity index (χ0) is 22.2. The van der Waals surface area contributed by atoms with Crippen LogP contribution in [0.25, 0.3) is 11.1 Å². The van der Waals surface area contributed by atoms with E-state index in [1.54, 1.807) is 16.9 Å². The summed E-state index contributed by atoms with van der Waals surface area (Å²) in [6, 6.07) is 16.0. The number of nitrogens with zero attached hydrogens (tertiary/aromatic N) is 2. The van der Waals surface area contributed by atoms with Crippen LogP contribution in [0, 0.1) is 5.92 Å². The van der Waals surface area contributed by atoms with Crippen LogP contribution in [0.3, 0.4) is 0 Å². The lowest BCUT2D eigenvalue weighted by atomic mass is 9.73. The molecule has 5 rings (SSSR count). The number of aliphatic hydroxyl groups is 1. The van der Waals surface area contributed by atoms with Crippen molar-refractivity contribution >= 4 is 11.8 Å². The van der Waals surface area contributed by atoms with Crippen LogP contribution in [0.4, 0.5) is 0 Å². The first-order valence-corrected chi connectivity index (χ1v) is 11.6. The molecule has 0 spiro atoms. The van der Waals surface area contributed by atoms with Gasteiger partial charge in [-0.25, -0.2) is 0 Å². The summed E-state index contributed by atoms with van der Waals surface area (Å²) >= 11 is 0. The number of hydrogen-bond acceptors (Lipinski definition) is 4. The van der Waals surface area contributed by atoms with Crippen molar-refractivity contribution in [2.24, 2.45) is 5.92 Å². The maximum absolute atomic E-state index is 13.0. The van der Waals surface area contributed by atoms with Crippen molar-refractivity contribution in [2.75, 3.05) is 26.8 Å². The van der Waals surface area contributed by atoms with E-state index in [1.807, 2.05) is 24.3 Å². The molecule has 1 N–H and O–H groups in total. The topological polar surface area (TPSA) is 70.1 Å². The number of fused-ring (bicyclic) bond motifs is 1. The molecule has 2 heterocycles. The van der Waals surface area contributed by atoms with Crippen molar-refractivity contribution in [2.45, 2.75) is 43.7 Å². The predicted octanol–water partition coefficient (Wildman–Crippen LogP) is 3.05. The molecule has 2 amide bonds. The van der Waals surface area contributed by atoms with E-state index in [9.17, 15) is 14.7 Å². The van der Waals surface area contributed by atoms with E-state index in [4.69, 9.17) is 4.74 Å². The van der Waals surface area contributed by atoms with Crippen molar-refractivity contribution < 1.29 is 19.4 Å². The van der Waals surface area contributed by atoms with Crippen molar-refractivity contribution in [1.29, 1.82) is 0 Å². The highest BCUT2D eigenvalue weighted by atomic mass is 16.5. The first-order valence-electron chi connectivity index (χ1n) is 11.6. The smallest absolute Gasteiger partial charge is 0.242 e. The van der Waals surface area contributed by atoms with Gasteiger partial charge in [-0.05, 0) is 41.7 Å². The van der Waals surface area contributed by atoms with Crippen LogP contribution in [-0.4, -0.2) is 65.6 Å². The molecule has 0 unspecified atom stereocenters. The van der Waals surface area contributed by atoms with Gasteiger partial charge in [0.15, 0.2) is 0 Å². The molecule has 0 radical (unpaired) electrons. The lowest BCUT2D eigenvalue weighted by Crippen LogP contribution is -2.73. The first-order chi connectivity index (χ1) is 15.6. The molecule has 3 aliphatic rings. The summed E-state index contributed by atoms with van der Waals surface area (Å²) in [4.78, 5) is 29.4. The summed E-state index contributed by atoms with van der Waals surface area (Å²) in [5.41, 5.74) is 3.26. The number of ether oxygens (including phenoxy) is 1. The fourth-order valence-corrected chi connectivity index (χ4v) is 5.80. The fraction of sp³-hybridized carbons (Fsp3) is 0.462. The van der Waals surface area contributed by atoms with Crippen LogP contribution in [0.5, 0.6) is 5.75 Å². The normalized spacial score (nSPS) is 25.4. The number of carbonyl (C=O) groups is 2. The lowest BCUT2D eigenvalue weighted by molar-refractivity contribution is -0.168. The Morgan fingerprint density at radius 2 is 1.84 bits per heavy atom. The highest BCUT2D eigenvalue weighted by molar-refractivity contribution is 5.88. The standard InChI is InChI=1S/C26H30N2O4/c1-32-21-8-4-7-20(13-21)17-9-11-18(12-10-17)25-22-14-27(26(31)19-5-2-3-6-19)15-24(30)28(22)23(25)16-29/h4,7-13,19,22-23,25,29H,2-3,5-6,14-16H2,1H3/t22-,23-,25-/m0/s1. The summed E-state index contributed by atoms with van der Waals surface area (Å²) in [7, 11) is 1.66. The minimum Gasteiger partial charge on any atom is -0.497 e. The van der Waals surface area contributed by atoms with Crippen molar-refractivity contribution in [3.8, 4) is 16.9 Å². The van der Waals surface area contributed by atoms with Gasteiger partial charge in [-0.1, -0.05) is 49.2 Å². The van der Waals surface area contributed by atoms with Crippen LogP contribution < -0.4 is 4.74 Å². The number of aliphatic hydroxyl groups excluding tert-OH is 1. The molecule has 2 aromatic rings. The number of benzene rings is 2. The summed E-state index contributed by atoms with van der Waals surface area (Å²) in [5.74, 6) is 1.01. The monoisotopic (exact) mass is 434 g/mol. The molecule has 1 aliphatic carbocycles. The minimum absolute atomic E-state index is 0.0301. The second kappa shape index (κ2) is 8.58. The summed E-state index contributed by atoms with van der Waals surface area (Å²) in [6.07, 6.45) is 4.07. The Morgan fingerprint density at radius 3 is 2.53 bits per heavy atom. The van der Waals surface area contributed by atoms with Gasteiger partial charge in [0.25, 0.3) is 0 Å². The van der Waals surface area contributed by atoms with E-state index in [-0.39, 0.29) is 48.9 Å². The van der Waals surface area contributed by atoms with E-state index < -0.39 is 0 Å². The van der Waals surface area contributed by atoms with Gasteiger partial charge in [-0.2, -0.15) is 0 Å². The third-order valence-corrected chi connectivity index (χ3v) is 7.47. The fourth-order valence-electron chi connectivity index (χ4n) is 5.80. The van der Waals surface area contributed by atoms with Crippen LogP contribution in [0.1, 0.15) is 37.2 Å². The quantitative estimate of drug-likeness (QED) is 0.785. The number of piperazine rings is 1. The third kappa shape index (κ3) is 3.56. The zero-order valence-electron chi connectivity index (χ0n) is 18.4. The molecule has 2 saturated heterocycles. The largest absolute Gasteiger partial charge is 0.497 e. The van der Waals surface area contributed by atoms with Gasteiger partial charge < -0.3 is 19.6 Å². The number of hydrogen-bond donors (Lipinski definition) is 1. The van der Waals surface area contributed by atoms with Crippen LogP contribution in [0.2, 0.25) is 0 Å². The number of methoxy groups -OCH3 is 1. The highest BCUT2D eigenvalue weighted by Crippen LogP contribution is 2.43. The van der Waals surface area contributed by atoms with Gasteiger partial charge in [0.1, 0.15) is 5.75 Å². The Kier molecular flexibility index (Phi) is 5.64. The van der Waals surface area contributed by atoms with Crippen LogP contribution >= 0.6 is 0 Å². The minimum atomic E-state index is -0.223. The van der Waals surface area contributed by atoms with Gasteiger partial charge in [-0.3, -0.25) is 9.59 Å². The molecule has 3 fully saturated rings. The Balaban J connectivity index is 1.36. The van der Waals surface area contributed by atoms with Crippen molar-refractivity contribution in [1.82, 2.24) is 9.80 Å². The van der Waals surface area contributed by atoms with Gasteiger partial charge in [0.05, 0.1) is 32.3 Å². The van der Waals surface area contributed by atoms with Gasteiger partial charge >= 0.3 is 0 Å². The van der Waals surface area contributed by atoms with Crippen LogP contribution in [-0.2, 0) is 9.59 Å². The van der Waals surface area contributed by atoms with E-state index in [1.165, 1.54) is 0 Å². The van der Waals surface area contributed by atoms with E-state index in [2.05, 4.69) is 24.3 Å². The van der Waals surface area contributed by atoms with E-state index in [0.29, 0.717) is 6.54 Å². The lowest BCUT2D eigenvalue weighted by Gasteiger charge is -2.59. The number of carbonyl (C=O) groups excluding carboxylic acids is 2. The molecule has 0 aromatic heterocycles. The molecular formula is C26H30N2O4. The van der Waals surface area contributed by atoms with Gasteiger partial charge in [0.2, 0.25) is 11.8 Å². The first kappa shape index (κ1) is 21.0. The van der Waals surface area contributed by atoms with Gasteiger partial charge in [-0.15, -0.1) is 0 Å². The van der Waals surface area contributed by atoms with Crippen molar-refractivity contribution in [3.63, 3.8) is 0 Å². The number of rotatable bonds is 5. The Hall–Kier alpha value is -2.86. The second-order valence-electron chi connectivity index (χ2n) is 9.20. The highest BCUT2D eigenvalue weighted by Gasteiger charge is 2.54. The maximum Gasteiger partial charge on any atom is 0.242 e. The molecule has 3 atom stereocenters. The van der Waals surface area contributed by atoms with Gasteiger partial charge in [0, 0.05) is 18.4 Å². The Bertz CT molecular complexity index is 999.